The molecule has 1 atom stereocenters. The van der Waals surface area contributed by atoms with Crippen molar-refractivity contribution in [2.45, 2.75) is 25.8 Å². The van der Waals surface area contributed by atoms with E-state index in [9.17, 15) is 13.2 Å². The zero-order chi connectivity index (χ0) is 14.0. The number of nitrogens with one attached hydrogen (secondary N) is 1. The Balaban J connectivity index is 1.98. The first-order valence-corrected chi connectivity index (χ1v) is 7.90. The zero-order valence-electron chi connectivity index (χ0n) is 10.9. The molecule has 1 N–H and O–H groups in total. The fourth-order valence-corrected chi connectivity index (χ4v) is 3.00. The summed E-state index contributed by atoms with van der Waals surface area (Å²) < 4.78 is 29.2. The Hall–Kier alpha value is -1.41. The molecule has 1 aliphatic rings. The van der Waals surface area contributed by atoms with Gasteiger partial charge in [-0.25, -0.2) is 12.7 Å². The SMILES string of the molecule is Cc1cc(C(=O)N[C@@H]2CCCN(S(C)(=O)=O)C2)on1. The molecule has 1 aliphatic heterocycles. The Morgan fingerprint density at radius 1 is 1.58 bits per heavy atom. The summed E-state index contributed by atoms with van der Waals surface area (Å²) in [5.74, 6) is -0.213. The summed E-state index contributed by atoms with van der Waals surface area (Å²) in [7, 11) is -3.21. The van der Waals surface area contributed by atoms with Gasteiger partial charge in [-0.05, 0) is 19.8 Å². The van der Waals surface area contributed by atoms with E-state index in [1.54, 1.807) is 13.0 Å². The van der Waals surface area contributed by atoms with Crippen LogP contribution >= 0.6 is 0 Å². The Morgan fingerprint density at radius 3 is 2.89 bits per heavy atom. The van der Waals surface area contributed by atoms with Crippen molar-refractivity contribution in [2.75, 3.05) is 19.3 Å². The summed E-state index contributed by atoms with van der Waals surface area (Å²) in [4.78, 5) is 11.9. The standard InChI is InChI=1S/C11H17N3O4S/c1-8-6-10(18-13-8)11(15)12-9-4-3-5-14(7-9)19(2,16)17/h6,9H,3-5,7H2,1-2H3,(H,12,15)/t9-/m1/s1. The summed E-state index contributed by atoms with van der Waals surface area (Å²) in [5, 5.41) is 6.41. The van der Waals surface area contributed by atoms with Crippen LogP contribution in [-0.4, -0.2) is 49.2 Å². The van der Waals surface area contributed by atoms with Crippen LogP contribution in [0.1, 0.15) is 29.1 Å². The number of piperidine rings is 1. The molecular formula is C11H17N3O4S. The molecule has 1 aromatic rings. The molecule has 19 heavy (non-hydrogen) atoms. The van der Waals surface area contributed by atoms with Crippen molar-refractivity contribution in [3.63, 3.8) is 0 Å². The second kappa shape index (κ2) is 5.30. The molecule has 0 radical (unpaired) electrons. The lowest BCUT2D eigenvalue weighted by Gasteiger charge is -2.31. The number of amides is 1. The number of aromatic nitrogens is 1. The predicted octanol–water partition coefficient (Wildman–Crippen LogP) is 0.137. The van der Waals surface area contributed by atoms with Crippen molar-refractivity contribution < 1.29 is 17.7 Å². The third-order valence-electron chi connectivity index (χ3n) is 3.04. The van der Waals surface area contributed by atoms with Crippen molar-refractivity contribution >= 4 is 15.9 Å². The number of hydrogen-bond donors (Lipinski definition) is 1. The molecule has 1 aromatic heterocycles. The Morgan fingerprint density at radius 2 is 2.32 bits per heavy atom. The largest absolute Gasteiger partial charge is 0.351 e. The Kier molecular flexibility index (Phi) is 3.91. The van der Waals surface area contributed by atoms with Gasteiger partial charge in [0.15, 0.2) is 0 Å². The lowest BCUT2D eigenvalue weighted by Crippen LogP contribution is -2.49. The molecule has 0 aliphatic carbocycles. The van der Waals surface area contributed by atoms with Crippen LogP contribution < -0.4 is 5.32 Å². The number of carbonyl (C=O) groups excluding carboxylic acids is 1. The summed E-state index contributed by atoms with van der Waals surface area (Å²) >= 11 is 0. The van der Waals surface area contributed by atoms with Crippen molar-refractivity contribution in [1.29, 1.82) is 0 Å². The van der Waals surface area contributed by atoms with Gasteiger partial charge < -0.3 is 9.84 Å². The van der Waals surface area contributed by atoms with E-state index in [4.69, 9.17) is 4.52 Å². The molecule has 0 spiro atoms. The van der Waals surface area contributed by atoms with Gasteiger partial charge in [-0.15, -0.1) is 0 Å². The summed E-state index contributed by atoms with van der Waals surface area (Å²) in [6.45, 7) is 2.54. The van der Waals surface area contributed by atoms with E-state index in [2.05, 4.69) is 10.5 Å². The smallest absolute Gasteiger partial charge is 0.290 e. The molecule has 1 amide bonds. The van der Waals surface area contributed by atoms with Crippen LogP contribution in [0.15, 0.2) is 10.6 Å². The van der Waals surface area contributed by atoms with Gasteiger partial charge in [0.2, 0.25) is 15.8 Å². The first-order valence-electron chi connectivity index (χ1n) is 6.05. The van der Waals surface area contributed by atoms with Gasteiger partial charge in [-0.2, -0.15) is 0 Å². The van der Waals surface area contributed by atoms with E-state index in [1.165, 1.54) is 10.6 Å². The zero-order valence-corrected chi connectivity index (χ0v) is 11.7. The number of nitrogens with zero attached hydrogens (tertiary/aromatic N) is 2. The minimum absolute atomic E-state index is 0.147. The highest BCUT2D eigenvalue weighted by molar-refractivity contribution is 7.88. The predicted molar refractivity (Wildman–Crippen MR) is 68.1 cm³/mol. The molecule has 0 bridgehead atoms. The summed E-state index contributed by atoms with van der Waals surface area (Å²) in [5.41, 5.74) is 0.631. The monoisotopic (exact) mass is 287 g/mol. The van der Waals surface area contributed by atoms with E-state index in [-0.39, 0.29) is 17.7 Å². The van der Waals surface area contributed by atoms with Crippen LogP contribution in [-0.2, 0) is 10.0 Å². The molecule has 1 saturated heterocycles. The summed E-state index contributed by atoms with van der Waals surface area (Å²) in [6.07, 6.45) is 2.66. The molecule has 7 nitrogen and oxygen atoms in total. The molecule has 2 heterocycles. The van der Waals surface area contributed by atoms with Crippen LogP contribution in [0.3, 0.4) is 0 Å². The van der Waals surface area contributed by atoms with Gasteiger partial charge in [0.25, 0.3) is 5.91 Å². The molecule has 106 valence electrons. The number of rotatable bonds is 3. The van der Waals surface area contributed by atoms with Crippen LogP contribution in [0.4, 0.5) is 0 Å². The quantitative estimate of drug-likeness (QED) is 0.853. The van der Waals surface area contributed by atoms with E-state index in [0.29, 0.717) is 18.8 Å². The second-order valence-corrected chi connectivity index (χ2v) is 6.75. The van der Waals surface area contributed by atoms with Crippen molar-refractivity contribution in [3.8, 4) is 0 Å². The first kappa shape index (κ1) is 14.0. The molecule has 0 saturated carbocycles. The highest BCUT2D eigenvalue weighted by atomic mass is 32.2. The normalized spacial score (nSPS) is 21.3. The van der Waals surface area contributed by atoms with E-state index >= 15 is 0 Å². The van der Waals surface area contributed by atoms with Gasteiger partial charge in [0.1, 0.15) is 0 Å². The highest BCUT2D eigenvalue weighted by Crippen LogP contribution is 2.14. The number of carbonyl (C=O) groups is 1. The van der Waals surface area contributed by atoms with Crippen LogP contribution in [0, 0.1) is 6.92 Å². The third kappa shape index (κ3) is 3.54. The molecule has 0 unspecified atom stereocenters. The van der Waals surface area contributed by atoms with Crippen molar-refractivity contribution in [3.05, 3.63) is 17.5 Å². The van der Waals surface area contributed by atoms with Crippen LogP contribution in [0.5, 0.6) is 0 Å². The first-order chi connectivity index (χ1) is 8.86. The van der Waals surface area contributed by atoms with Gasteiger partial charge in [0, 0.05) is 25.2 Å². The van der Waals surface area contributed by atoms with E-state index < -0.39 is 10.0 Å². The molecule has 1 fully saturated rings. The molecule has 2 rings (SSSR count). The Bertz CT molecular complexity index is 566. The minimum Gasteiger partial charge on any atom is -0.351 e. The average molecular weight is 287 g/mol. The van der Waals surface area contributed by atoms with Gasteiger partial charge in [-0.3, -0.25) is 4.79 Å². The number of sulfonamides is 1. The number of aryl methyl sites for hydroxylation is 1. The molecular weight excluding hydrogens is 270 g/mol. The van der Waals surface area contributed by atoms with E-state index in [1.807, 2.05) is 0 Å². The average Bonchev–Trinajstić information content (AvgIpc) is 2.75. The summed E-state index contributed by atoms with van der Waals surface area (Å²) in [6, 6.07) is 1.35. The van der Waals surface area contributed by atoms with Crippen LogP contribution in [0.25, 0.3) is 0 Å². The van der Waals surface area contributed by atoms with Gasteiger partial charge in [-0.1, -0.05) is 5.16 Å². The maximum absolute atomic E-state index is 11.9. The molecule has 8 heteroatoms. The fourth-order valence-electron chi connectivity index (χ4n) is 2.09. The third-order valence-corrected chi connectivity index (χ3v) is 4.31. The maximum Gasteiger partial charge on any atom is 0.290 e. The van der Waals surface area contributed by atoms with Crippen molar-refractivity contribution in [2.24, 2.45) is 0 Å². The molecule has 0 aromatic carbocycles. The lowest BCUT2D eigenvalue weighted by atomic mass is 10.1. The maximum atomic E-state index is 11.9. The minimum atomic E-state index is -3.21. The van der Waals surface area contributed by atoms with Crippen molar-refractivity contribution in [1.82, 2.24) is 14.8 Å². The lowest BCUT2D eigenvalue weighted by molar-refractivity contribution is 0.0884. The van der Waals surface area contributed by atoms with Gasteiger partial charge in [0.05, 0.1) is 11.9 Å². The highest BCUT2D eigenvalue weighted by Gasteiger charge is 2.27. The van der Waals surface area contributed by atoms with Gasteiger partial charge >= 0.3 is 0 Å². The Labute approximate surface area is 112 Å². The second-order valence-electron chi connectivity index (χ2n) is 4.77. The van der Waals surface area contributed by atoms with E-state index in [0.717, 1.165) is 12.8 Å². The fraction of sp³-hybridized carbons (Fsp3) is 0.636. The topological polar surface area (TPSA) is 92.5 Å². The number of hydrogen-bond acceptors (Lipinski definition) is 5. The van der Waals surface area contributed by atoms with Crippen LogP contribution in [0.2, 0.25) is 0 Å².